The number of benzene rings is 3. The molecule has 4 aromatic rings. The fourth-order valence-corrected chi connectivity index (χ4v) is 3.83. The Bertz CT molecular complexity index is 1030. The molecule has 0 saturated carbocycles. The van der Waals surface area contributed by atoms with Gasteiger partial charge in [0.1, 0.15) is 5.75 Å². The van der Waals surface area contributed by atoms with Gasteiger partial charge in [0.2, 0.25) is 0 Å². The summed E-state index contributed by atoms with van der Waals surface area (Å²) < 4.78 is 7.94. The van der Waals surface area contributed by atoms with E-state index in [4.69, 9.17) is 4.74 Å². The highest BCUT2D eigenvalue weighted by Crippen LogP contribution is 2.28. The topological polar surface area (TPSA) is 39.9 Å². The van der Waals surface area contributed by atoms with Crippen LogP contribution in [0.15, 0.2) is 90.1 Å². The number of thioether (sulfide) groups is 1. The second-order valence-electron chi connectivity index (χ2n) is 6.54. The first kappa shape index (κ1) is 19.3. The first-order valence-electron chi connectivity index (χ1n) is 9.76. The van der Waals surface area contributed by atoms with Crippen LogP contribution in [0.25, 0.3) is 17.1 Å². The first-order chi connectivity index (χ1) is 14.3. The highest BCUT2D eigenvalue weighted by molar-refractivity contribution is 7.99. The molecule has 0 amide bonds. The standard InChI is InChI=1S/C24H23N3OS/c1-2-19-13-15-21(16-14-19)27-23(20-9-5-3-6-10-20)25-26-24(27)29-18-17-28-22-11-7-4-8-12-22/h3-16H,2,17-18H2,1H3. The number of aryl methyl sites for hydroxylation is 1. The van der Waals surface area contributed by atoms with Crippen LogP contribution in [-0.2, 0) is 6.42 Å². The molecule has 0 radical (unpaired) electrons. The highest BCUT2D eigenvalue weighted by atomic mass is 32.2. The van der Waals surface area contributed by atoms with Crippen molar-refractivity contribution in [2.45, 2.75) is 18.5 Å². The summed E-state index contributed by atoms with van der Waals surface area (Å²) in [5, 5.41) is 9.84. The molecular weight excluding hydrogens is 378 g/mol. The molecule has 5 heteroatoms. The van der Waals surface area contributed by atoms with Gasteiger partial charge < -0.3 is 4.74 Å². The van der Waals surface area contributed by atoms with E-state index in [0.29, 0.717) is 6.61 Å². The van der Waals surface area contributed by atoms with Crippen molar-refractivity contribution >= 4 is 11.8 Å². The number of hydrogen-bond acceptors (Lipinski definition) is 4. The molecule has 146 valence electrons. The predicted octanol–water partition coefficient (Wildman–Crippen LogP) is 5.67. The van der Waals surface area contributed by atoms with Gasteiger partial charge in [0.25, 0.3) is 0 Å². The number of nitrogens with zero attached hydrogens (tertiary/aromatic N) is 3. The number of ether oxygens (including phenoxy) is 1. The SMILES string of the molecule is CCc1ccc(-n2c(SCCOc3ccccc3)nnc2-c2ccccc2)cc1. The third-order valence-electron chi connectivity index (χ3n) is 4.59. The minimum Gasteiger partial charge on any atom is -0.493 e. The fourth-order valence-electron chi connectivity index (χ4n) is 3.06. The molecule has 0 unspecified atom stereocenters. The van der Waals surface area contributed by atoms with E-state index >= 15 is 0 Å². The first-order valence-corrected chi connectivity index (χ1v) is 10.7. The summed E-state index contributed by atoms with van der Waals surface area (Å²) in [5.41, 5.74) is 3.43. The lowest BCUT2D eigenvalue weighted by molar-refractivity contribution is 0.344. The molecule has 0 aliphatic carbocycles. The monoisotopic (exact) mass is 401 g/mol. The van der Waals surface area contributed by atoms with Crippen molar-refractivity contribution in [3.05, 3.63) is 90.5 Å². The second-order valence-corrected chi connectivity index (χ2v) is 7.60. The number of aromatic nitrogens is 3. The quantitative estimate of drug-likeness (QED) is 0.282. The van der Waals surface area contributed by atoms with Crippen LogP contribution in [0.5, 0.6) is 5.75 Å². The molecule has 0 spiro atoms. The Morgan fingerprint density at radius 2 is 1.52 bits per heavy atom. The van der Waals surface area contributed by atoms with Crippen LogP contribution < -0.4 is 4.74 Å². The Hall–Kier alpha value is -3.05. The molecule has 1 heterocycles. The average Bonchev–Trinajstić information content (AvgIpc) is 3.22. The zero-order chi connectivity index (χ0) is 19.9. The molecule has 29 heavy (non-hydrogen) atoms. The van der Waals surface area contributed by atoms with Gasteiger partial charge in [-0.3, -0.25) is 4.57 Å². The van der Waals surface area contributed by atoms with Gasteiger partial charge in [0.15, 0.2) is 11.0 Å². The molecule has 1 aromatic heterocycles. The lowest BCUT2D eigenvalue weighted by Crippen LogP contribution is -2.03. The summed E-state index contributed by atoms with van der Waals surface area (Å²) in [5.74, 6) is 2.52. The molecule has 4 rings (SSSR count). The van der Waals surface area contributed by atoms with Crippen molar-refractivity contribution in [1.29, 1.82) is 0 Å². The number of hydrogen-bond donors (Lipinski definition) is 0. The van der Waals surface area contributed by atoms with Crippen molar-refractivity contribution in [1.82, 2.24) is 14.8 Å². The van der Waals surface area contributed by atoms with Crippen LogP contribution in [0, 0.1) is 0 Å². The fraction of sp³-hybridized carbons (Fsp3) is 0.167. The molecule has 3 aromatic carbocycles. The minimum absolute atomic E-state index is 0.608. The summed E-state index contributed by atoms with van der Waals surface area (Å²) >= 11 is 1.65. The minimum atomic E-state index is 0.608. The molecule has 0 aliphatic heterocycles. The molecule has 0 bridgehead atoms. The van der Waals surface area contributed by atoms with Gasteiger partial charge >= 0.3 is 0 Å². The van der Waals surface area contributed by atoms with Gasteiger partial charge in [-0.05, 0) is 36.2 Å². The lowest BCUT2D eigenvalue weighted by Gasteiger charge is -2.11. The van der Waals surface area contributed by atoms with E-state index in [2.05, 4.69) is 58.1 Å². The molecule has 0 saturated heterocycles. The second kappa shape index (κ2) is 9.43. The summed E-state index contributed by atoms with van der Waals surface area (Å²) in [6.07, 6.45) is 1.02. The van der Waals surface area contributed by atoms with Crippen molar-refractivity contribution in [2.75, 3.05) is 12.4 Å². The third kappa shape index (κ3) is 4.69. The zero-order valence-corrected chi connectivity index (χ0v) is 17.2. The summed E-state index contributed by atoms with van der Waals surface area (Å²) in [6, 6.07) is 28.7. The van der Waals surface area contributed by atoms with Crippen molar-refractivity contribution < 1.29 is 4.74 Å². The lowest BCUT2D eigenvalue weighted by atomic mass is 10.1. The Labute approximate surface area is 175 Å². The van der Waals surface area contributed by atoms with Gasteiger partial charge in [-0.15, -0.1) is 10.2 Å². The molecule has 0 fully saturated rings. The van der Waals surface area contributed by atoms with E-state index in [-0.39, 0.29) is 0 Å². The largest absolute Gasteiger partial charge is 0.493 e. The molecule has 0 atom stereocenters. The Morgan fingerprint density at radius 3 is 2.21 bits per heavy atom. The Morgan fingerprint density at radius 1 is 0.828 bits per heavy atom. The Kier molecular flexibility index (Phi) is 6.27. The van der Waals surface area contributed by atoms with E-state index in [1.165, 1.54) is 5.56 Å². The smallest absolute Gasteiger partial charge is 0.196 e. The summed E-state index contributed by atoms with van der Waals surface area (Å²) in [7, 11) is 0. The third-order valence-corrected chi connectivity index (χ3v) is 5.49. The normalized spacial score (nSPS) is 10.8. The predicted molar refractivity (Wildman–Crippen MR) is 119 cm³/mol. The van der Waals surface area contributed by atoms with Crippen LogP contribution in [-0.4, -0.2) is 27.1 Å². The average molecular weight is 402 g/mol. The number of rotatable bonds is 8. The zero-order valence-electron chi connectivity index (χ0n) is 16.4. The van der Waals surface area contributed by atoms with Crippen molar-refractivity contribution in [3.8, 4) is 22.8 Å². The maximum Gasteiger partial charge on any atom is 0.196 e. The van der Waals surface area contributed by atoms with Gasteiger partial charge in [-0.2, -0.15) is 0 Å². The van der Waals surface area contributed by atoms with Gasteiger partial charge in [0, 0.05) is 17.0 Å². The Balaban J connectivity index is 1.57. The maximum atomic E-state index is 5.82. The summed E-state index contributed by atoms with van der Waals surface area (Å²) in [4.78, 5) is 0. The van der Waals surface area contributed by atoms with Gasteiger partial charge in [0.05, 0.1) is 6.61 Å². The van der Waals surface area contributed by atoms with E-state index in [1.54, 1.807) is 11.8 Å². The van der Waals surface area contributed by atoms with E-state index in [1.807, 2.05) is 48.5 Å². The molecule has 4 nitrogen and oxygen atoms in total. The molecule has 0 aliphatic rings. The van der Waals surface area contributed by atoms with Crippen LogP contribution in [0.1, 0.15) is 12.5 Å². The van der Waals surface area contributed by atoms with E-state index in [9.17, 15) is 0 Å². The van der Waals surface area contributed by atoms with Crippen LogP contribution in [0.3, 0.4) is 0 Å². The van der Waals surface area contributed by atoms with Crippen molar-refractivity contribution in [3.63, 3.8) is 0 Å². The highest BCUT2D eigenvalue weighted by Gasteiger charge is 2.16. The maximum absolute atomic E-state index is 5.82. The molecular formula is C24H23N3OS. The van der Waals surface area contributed by atoms with E-state index in [0.717, 1.165) is 40.2 Å². The summed E-state index contributed by atoms with van der Waals surface area (Å²) in [6.45, 7) is 2.77. The van der Waals surface area contributed by atoms with E-state index < -0.39 is 0 Å². The number of para-hydroxylation sites is 1. The van der Waals surface area contributed by atoms with Crippen molar-refractivity contribution in [2.24, 2.45) is 0 Å². The van der Waals surface area contributed by atoms with Crippen LogP contribution >= 0.6 is 11.8 Å². The van der Waals surface area contributed by atoms with Gasteiger partial charge in [-0.1, -0.05) is 79.3 Å². The van der Waals surface area contributed by atoms with Crippen LogP contribution in [0.2, 0.25) is 0 Å². The van der Waals surface area contributed by atoms with Crippen LogP contribution in [0.4, 0.5) is 0 Å². The van der Waals surface area contributed by atoms with Gasteiger partial charge in [-0.25, -0.2) is 0 Å². The molecule has 0 N–H and O–H groups in total.